The van der Waals surface area contributed by atoms with Crippen LogP contribution in [0.2, 0.25) is 0 Å². The van der Waals surface area contributed by atoms with Crippen molar-refractivity contribution in [2.45, 2.75) is 0 Å². The largest absolute Gasteiger partial charge is 0.497 e. The monoisotopic (exact) mass is 287 g/mol. The maximum atomic E-state index is 12.6. The van der Waals surface area contributed by atoms with E-state index >= 15 is 0 Å². The molecule has 0 aromatic heterocycles. The van der Waals surface area contributed by atoms with Gasteiger partial charge in [0.05, 0.1) is 32.6 Å². The van der Waals surface area contributed by atoms with Crippen LogP contribution in [0.1, 0.15) is 15.9 Å². The zero-order chi connectivity index (χ0) is 15.4. The first-order valence-corrected chi connectivity index (χ1v) is 6.31. The standard InChI is InChI=1S/C16H17NO4/c1-19-11-6-4-10(5-7-11)16(18)13-8-12(20-2)9-14(21-3)15(13)17/h4-9H,17H2,1-3H3. The molecule has 0 aliphatic rings. The SMILES string of the molecule is COc1ccc(C(=O)c2cc(OC)cc(OC)c2N)cc1. The van der Waals surface area contributed by atoms with Gasteiger partial charge in [0.25, 0.3) is 0 Å². The van der Waals surface area contributed by atoms with Crippen LogP contribution in [0, 0.1) is 0 Å². The van der Waals surface area contributed by atoms with Gasteiger partial charge in [-0.05, 0) is 30.3 Å². The molecule has 2 aromatic carbocycles. The molecule has 0 heterocycles. The summed E-state index contributed by atoms with van der Waals surface area (Å²) in [7, 11) is 4.58. The summed E-state index contributed by atoms with van der Waals surface area (Å²) in [6, 6.07) is 10.1. The number of rotatable bonds is 5. The summed E-state index contributed by atoms with van der Waals surface area (Å²) in [5.41, 5.74) is 7.13. The zero-order valence-corrected chi connectivity index (χ0v) is 12.2. The van der Waals surface area contributed by atoms with Crippen molar-refractivity contribution in [1.29, 1.82) is 0 Å². The Kier molecular flexibility index (Phi) is 4.33. The molecule has 5 heteroatoms. The van der Waals surface area contributed by atoms with Gasteiger partial charge in [-0.2, -0.15) is 0 Å². The number of nitrogen functional groups attached to an aromatic ring is 1. The number of carbonyl (C=O) groups excluding carboxylic acids is 1. The molecule has 0 atom stereocenters. The van der Waals surface area contributed by atoms with Crippen molar-refractivity contribution in [3.05, 3.63) is 47.5 Å². The van der Waals surface area contributed by atoms with Gasteiger partial charge in [-0.25, -0.2) is 0 Å². The maximum Gasteiger partial charge on any atom is 0.195 e. The molecule has 0 saturated carbocycles. The van der Waals surface area contributed by atoms with E-state index in [0.29, 0.717) is 34.1 Å². The summed E-state index contributed by atoms with van der Waals surface area (Å²) in [5.74, 6) is 1.40. The summed E-state index contributed by atoms with van der Waals surface area (Å²) in [5, 5.41) is 0. The Morgan fingerprint density at radius 3 is 2.05 bits per heavy atom. The number of nitrogens with two attached hydrogens (primary N) is 1. The van der Waals surface area contributed by atoms with E-state index in [0.717, 1.165) is 0 Å². The van der Waals surface area contributed by atoms with Crippen molar-refractivity contribution in [1.82, 2.24) is 0 Å². The van der Waals surface area contributed by atoms with Gasteiger partial charge in [-0.1, -0.05) is 0 Å². The molecule has 0 aliphatic carbocycles. The number of methoxy groups -OCH3 is 3. The fourth-order valence-corrected chi connectivity index (χ4v) is 1.97. The molecule has 2 N–H and O–H groups in total. The van der Waals surface area contributed by atoms with Gasteiger partial charge in [0.1, 0.15) is 17.2 Å². The number of benzene rings is 2. The first-order chi connectivity index (χ1) is 10.1. The van der Waals surface area contributed by atoms with Gasteiger partial charge in [0.2, 0.25) is 0 Å². The van der Waals surface area contributed by atoms with E-state index in [1.165, 1.54) is 14.2 Å². The highest BCUT2D eigenvalue weighted by atomic mass is 16.5. The van der Waals surface area contributed by atoms with Crippen molar-refractivity contribution < 1.29 is 19.0 Å². The average Bonchev–Trinajstić information content (AvgIpc) is 2.54. The summed E-state index contributed by atoms with van der Waals surface area (Å²) < 4.78 is 15.4. The molecular weight excluding hydrogens is 270 g/mol. The number of carbonyl (C=O) groups is 1. The molecule has 0 unspecified atom stereocenters. The minimum Gasteiger partial charge on any atom is -0.497 e. The average molecular weight is 287 g/mol. The lowest BCUT2D eigenvalue weighted by Gasteiger charge is -2.12. The Labute approximate surface area is 123 Å². The normalized spacial score (nSPS) is 10.0. The van der Waals surface area contributed by atoms with Crippen LogP contribution >= 0.6 is 0 Å². The van der Waals surface area contributed by atoms with Gasteiger partial charge in [0.15, 0.2) is 5.78 Å². The topological polar surface area (TPSA) is 70.8 Å². The second-order valence-corrected chi connectivity index (χ2v) is 4.35. The van der Waals surface area contributed by atoms with Crippen LogP contribution in [-0.4, -0.2) is 27.1 Å². The number of hydrogen-bond acceptors (Lipinski definition) is 5. The van der Waals surface area contributed by atoms with Gasteiger partial charge in [0, 0.05) is 11.6 Å². The summed E-state index contributed by atoms with van der Waals surface area (Å²) in [6.07, 6.45) is 0. The number of anilines is 1. The van der Waals surface area contributed by atoms with Crippen molar-refractivity contribution >= 4 is 11.5 Å². The summed E-state index contributed by atoms with van der Waals surface area (Å²) >= 11 is 0. The van der Waals surface area contributed by atoms with Crippen LogP contribution in [0.3, 0.4) is 0 Å². The third-order valence-corrected chi connectivity index (χ3v) is 3.17. The molecule has 2 aromatic rings. The summed E-state index contributed by atoms with van der Waals surface area (Å²) in [6.45, 7) is 0. The number of ketones is 1. The molecule has 0 spiro atoms. The van der Waals surface area contributed by atoms with E-state index in [-0.39, 0.29) is 5.78 Å². The highest BCUT2D eigenvalue weighted by Gasteiger charge is 2.17. The predicted octanol–water partition coefficient (Wildman–Crippen LogP) is 2.53. The Morgan fingerprint density at radius 2 is 1.52 bits per heavy atom. The first-order valence-electron chi connectivity index (χ1n) is 6.31. The molecule has 0 saturated heterocycles. The number of hydrogen-bond donors (Lipinski definition) is 1. The Balaban J connectivity index is 2.46. The van der Waals surface area contributed by atoms with Crippen molar-refractivity contribution in [3.63, 3.8) is 0 Å². The Hall–Kier alpha value is -2.69. The van der Waals surface area contributed by atoms with Crippen LogP contribution in [0.4, 0.5) is 5.69 Å². The van der Waals surface area contributed by atoms with Gasteiger partial charge in [-0.15, -0.1) is 0 Å². The molecule has 0 aliphatic heterocycles. The molecule has 5 nitrogen and oxygen atoms in total. The Morgan fingerprint density at radius 1 is 0.905 bits per heavy atom. The van der Waals surface area contributed by atoms with Gasteiger partial charge in [-0.3, -0.25) is 4.79 Å². The molecule has 0 amide bonds. The lowest BCUT2D eigenvalue weighted by atomic mass is 10.0. The Bertz CT molecular complexity index is 650. The maximum absolute atomic E-state index is 12.6. The molecular formula is C16H17NO4. The van der Waals surface area contributed by atoms with E-state index in [1.54, 1.807) is 43.5 Å². The van der Waals surface area contributed by atoms with Crippen LogP contribution in [-0.2, 0) is 0 Å². The fraction of sp³-hybridized carbons (Fsp3) is 0.188. The minimum atomic E-state index is -0.202. The highest BCUT2D eigenvalue weighted by Crippen LogP contribution is 2.32. The lowest BCUT2D eigenvalue weighted by Crippen LogP contribution is -2.07. The van der Waals surface area contributed by atoms with Crippen molar-refractivity contribution in [2.24, 2.45) is 0 Å². The molecule has 21 heavy (non-hydrogen) atoms. The van der Waals surface area contributed by atoms with Crippen LogP contribution in [0.5, 0.6) is 17.2 Å². The quantitative estimate of drug-likeness (QED) is 0.676. The molecule has 0 radical (unpaired) electrons. The summed E-state index contributed by atoms with van der Waals surface area (Å²) in [4.78, 5) is 12.6. The third-order valence-electron chi connectivity index (χ3n) is 3.17. The molecule has 0 fully saturated rings. The second kappa shape index (κ2) is 6.17. The molecule has 0 bridgehead atoms. The van der Waals surface area contributed by atoms with Crippen molar-refractivity contribution in [3.8, 4) is 17.2 Å². The van der Waals surface area contributed by atoms with Gasteiger partial charge < -0.3 is 19.9 Å². The van der Waals surface area contributed by atoms with Gasteiger partial charge >= 0.3 is 0 Å². The lowest BCUT2D eigenvalue weighted by molar-refractivity contribution is 0.103. The second-order valence-electron chi connectivity index (χ2n) is 4.35. The van der Waals surface area contributed by atoms with Crippen molar-refractivity contribution in [2.75, 3.05) is 27.1 Å². The first kappa shape index (κ1) is 14.7. The van der Waals surface area contributed by atoms with Crippen LogP contribution in [0.25, 0.3) is 0 Å². The smallest absolute Gasteiger partial charge is 0.195 e. The van der Waals surface area contributed by atoms with E-state index in [4.69, 9.17) is 19.9 Å². The van der Waals surface area contributed by atoms with E-state index in [2.05, 4.69) is 0 Å². The number of ether oxygens (including phenoxy) is 3. The van der Waals surface area contributed by atoms with E-state index < -0.39 is 0 Å². The van der Waals surface area contributed by atoms with E-state index in [9.17, 15) is 4.79 Å². The fourth-order valence-electron chi connectivity index (χ4n) is 1.97. The van der Waals surface area contributed by atoms with E-state index in [1.807, 2.05) is 0 Å². The predicted molar refractivity (Wildman–Crippen MR) is 80.4 cm³/mol. The molecule has 110 valence electrons. The zero-order valence-electron chi connectivity index (χ0n) is 12.2. The minimum absolute atomic E-state index is 0.202. The highest BCUT2D eigenvalue weighted by molar-refractivity contribution is 6.13. The van der Waals surface area contributed by atoms with Crippen LogP contribution < -0.4 is 19.9 Å². The van der Waals surface area contributed by atoms with Crippen LogP contribution in [0.15, 0.2) is 36.4 Å². The third kappa shape index (κ3) is 2.91. The molecule has 2 rings (SSSR count).